The van der Waals surface area contributed by atoms with E-state index in [1.165, 1.54) is 107 Å². The number of para-hydroxylation sites is 3. The number of fused-ring (bicyclic) bond motifs is 10. The van der Waals surface area contributed by atoms with Crippen LogP contribution in [0.25, 0.3) is 114 Å². The molecule has 0 N–H and O–H groups in total. The van der Waals surface area contributed by atoms with E-state index in [1.54, 1.807) is 0 Å². The van der Waals surface area contributed by atoms with Crippen LogP contribution in [0, 0.1) is 6.92 Å². The molecular weight excluding hydrogens is 753 g/mol. The van der Waals surface area contributed by atoms with Gasteiger partial charge >= 0.3 is 0 Å². The zero-order valence-electron chi connectivity index (χ0n) is 32.3. The number of aryl methyl sites for hydroxylation is 1. The summed E-state index contributed by atoms with van der Waals surface area (Å²) in [5.41, 5.74) is 13.4. The van der Waals surface area contributed by atoms with Gasteiger partial charge in [-0.15, -0.1) is 22.7 Å². The normalized spacial score (nSPS) is 12.2. The number of rotatable bonds is 6. The maximum atomic E-state index is 3.90. The van der Waals surface area contributed by atoms with Gasteiger partial charge in [-0.05, 0) is 107 Å². The standard InChI is InChI=1S/C55H36N2S2/c1-3-4-24-51-34(2)44-30-35(27-29-53(44)58-51)45-32-38(33-46-42-18-10-13-25-52(42)59-55(45)46)57-48-22-12-9-19-43(48)54-39(20-14-23-49(54)57)36-26-28-41-40-17-8-11-21-47(40)56(50(41)31-36)37-15-6-5-7-16-37/h3-33H,1H2,2H3/b24-4-. The Morgan fingerprint density at radius 1 is 0.458 bits per heavy atom. The molecule has 0 bridgehead atoms. The van der Waals surface area contributed by atoms with Gasteiger partial charge in [0.2, 0.25) is 0 Å². The van der Waals surface area contributed by atoms with Crippen molar-refractivity contribution in [2.75, 3.05) is 0 Å². The molecule has 0 unspecified atom stereocenters. The third kappa shape index (κ3) is 5.17. The maximum absolute atomic E-state index is 3.90. The highest BCUT2D eigenvalue weighted by Gasteiger charge is 2.21. The molecule has 0 saturated carbocycles. The quantitative estimate of drug-likeness (QED) is 0.149. The van der Waals surface area contributed by atoms with Gasteiger partial charge in [-0.2, -0.15) is 0 Å². The van der Waals surface area contributed by atoms with E-state index in [2.05, 4.69) is 199 Å². The second kappa shape index (κ2) is 13.3. The molecule has 0 amide bonds. The maximum Gasteiger partial charge on any atom is 0.0547 e. The van der Waals surface area contributed by atoms with Crippen molar-refractivity contribution in [3.05, 3.63) is 199 Å². The van der Waals surface area contributed by atoms with Gasteiger partial charge in [-0.3, -0.25) is 0 Å². The highest BCUT2D eigenvalue weighted by atomic mass is 32.1. The molecule has 0 atom stereocenters. The number of benzene rings is 8. The van der Waals surface area contributed by atoms with E-state index >= 15 is 0 Å². The van der Waals surface area contributed by atoms with Crippen LogP contribution in [0.2, 0.25) is 0 Å². The van der Waals surface area contributed by atoms with Crippen LogP contribution in [0.3, 0.4) is 0 Å². The highest BCUT2D eigenvalue weighted by Crippen LogP contribution is 2.46. The minimum absolute atomic E-state index is 1.16. The van der Waals surface area contributed by atoms with Crippen LogP contribution in [0.15, 0.2) is 189 Å². The average molecular weight is 789 g/mol. The third-order valence-corrected chi connectivity index (χ3v) is 14.5. The van der Waals surface area contributed by atoms with Crippen molar-refractivity contribution >= 4 is 103 Å². The Hall–Kier alpha value is -6.98. The Balaban J connectivity index is 1.12. The van der Waals surface area contributed by atoms with Gasteiger partial charge in [-0.1, -0.05) is 122 Å². The smallest absolute Gasteiger partial charge is 0.0547 e. The first-order chi connectivity index (χ1) is 29.1. The molecule has 0 fully saturated rings. The molecule has 0 aliphatic carbocycles. The van der Waals surface area contributed by atoms with Gasteiger partial charge < -0.3 is 9.13 Å². The molecule has 12 rings (SSSR count). The summed E-state index contributed by atoms with van der Waals surface area (Å²) < 4.78 is 8.83. The molecule has 0 aliphatic heterocycles. The Morgan fingerprint density at radius 3 is 1.97 bits per heavy atom. The molecule has 278 valence electrons. The molecule has 8 aromatic carbocycles. The molecule has 59 heavy (non-hydrogen) atoms. The molecule has 12 aromatic rings. The Morgan fingerprint density at radius 2 is 1.12 bits per heavy atom. The fraction of sp³-hybridized carbons (Fsp3) is 0.0182. The lowest BCUT2D eigenvalue weighted by molar-refractivity contribution is 1.18. The summed E-state index contributed by atoms with van der Waals surface area (Å²) >= 11 is 3.73. The average Bonchev–Trinajstić information content (AvgIpc) is 4.02. The van der Waals surface area contributed by atoms with Crippen LogP contribution in [-0.2, 0) is 0 Å². The fourth-order valence-electron chi connectivity index (χ4n) is 9.41. The summed E-state index contributed by atoms with van der Waals surface area (Å²) in [7, 11) is 0. The van der Waals surface area contributed by atoms with Crippen LogP contribution in [-0.4, -0.2) is 9.13 Å². The third-order valence-electron chi connectivity index (χ3n) is 12.1. The first kappa shape index (κ1) is 34.1. The van der Waals surface area contributed by atoms with Crippen molar-refractivity contribution in [1.29, 1.82) is 0 Å². The van der Waals surface area contributed by atoms with Crippen LogP contribution in [0.5, 0.6) is 0 Å². The Bertz CT molecular complexity index is 3700. The van der Waals surface area contributed by atoms with Crippen LogP contribution in [0.1, 0.15) is 10.4 Å². The lowest BCUT2D eigenvalue weighted by Gasteiger charge is -2.13. The highest BCUT2D eigenvalue weighted by molar-refractivity contribution is 7.26. The van der Waals surface area contributed by atoms with Gasteiger partial charge in [0.15, 0.2) is 0 Å². The van der Waals surface area contributed by atoms with E-state index in [1.807, 2.05) is 34.8 Å². The van der Waals surface area contributed by atoms with Crippen LogP contribution < -0.4 is 0 Å². The van der Waals surface area contributed by atoms with Crippen molar-refractivity contribution in [2.45, 2.75) is 6.92 Å². The molecule has 4 heterocycles. The van der Waals surface area contributed by atoms with E-state index < -0.39 is 0 Å². The molecule has 4 aromatic heterocycles. The summed E-state index contributed by atoms with van der Waals surface area (Å²) in [6.07, 6.45) is 6.05. The summed E-state index contributed by atoms with van der Waals surface area (Å²) in [4.78, 5) is 1.28. The monoisotopic (exact) mass is 788 g/mol. The summed E-state index contributed by atoms with van der Waals surface area (Å²) in [6, 6.07) is 63.0. The van der Waals surface area contributed by atoms with Crippen LogP contribution >= 0.6 is 22.7 Å². The van der Waals surface area contributed by atoms with Gasteiger partial charge in [0.05, 0.1) is 22.1 Å². The molecule has 0 saturated heterocycles. The number of nitrogens with zero attached hydrogens (tertiary/aromatic N) is 2. The predicted octanol–water partition coefficient (Wildman–Crippen LogP) is 16.3. The van der Waals surface area contributed by atoms with Gasteiger partial charge in [-0.25, -0.2) is 0 Å². The van der Waals surface area contributed by atoms with Gasteiger partial charge in [0.25, 0.3) is 0 Å². The number of aromatic nitrogens is 2. The summed E-state index contributed by atoms with van der Waals surface area (Å²) in [6.45, 7) is 6.14. The summed E-state index contributed by atoms with van der Waals surface area (Å²) in [5.74, 6) is 0. The second-order valence-electron chi connectivity index (χ2n) is 15.3. The first-order valence-corrected chi connectivity index (χ1v) is 21.7. The molecule has 2 nitrogen and oxygen atoms in total. The van der Waals surface area contributed by atoms with E-state index in [9.17, 15) is 0 Å². The zero-order valence-corrected chi connectivity index (χ0v) is 33.9. The van der Waals surface area contributed by atoms with Crippen molar-refractivity contribution in [3.63, 3.8) is 0 Å². The minimum Gasteiger partial charge on any atom is -0.309 e. The fourth-order valence-corrected chi connectivity index (χ4v) is 11.7. The molecular formula is C55H36N2S2. The van der Waals surface area contributed by atoms with Gasteiger partial charge in [0, 0.05) is 68.2 Å². The van der Waals surface area contributed by atoms with E-state index in [4.69, 9.17) is 0 Å². The van der Waals surface area contributed by atoms with Crippen molar-refractivity contribution in [3.8, 4) is 33.6 Å². The lowest BCUT2D eigenvalue weighted by atomic mass is 9.98. The van der Waals surface area contributed by atoms with Gasteiger partial charge in [0.1, 0.15) is 0 Å². The lowest BCUT2D eigenvalue weighted by Crippen LogP contribution is -1.95. The number of hydrogen-bond donors (Lipinski definition) is 0. The summed E-state index contributed by atoms with van der Waals surface area (Å²) in [5, 5.41) is 8.91. The van der Waals surface area contributed by atoms with Crippen molar-refractivity contribution in [1.82, 2.24) is 9.13 Å². The molecule has 4 heteroatoms. The zero-order chi connectivity index (χ0) is 39.2. The second-order valence-corrected chi connectivity index (χ2v) is 17.5. The first-order valence-electron chi connectivity index (χ1n) is 20.0. The van der Waals surface area contributed by atoms with E-state index in [0.717, 1.165) is 11.4 Å². The molecule has 0 radical (unpaired) electrons. The molecule has 0 spiro atoms. The van der Waals surface area contributed by atoms with Crippen molar-refractivity contribution < 1.29 is 0 Å². The van der Waals surface area contributed by atoms with Crippen molar-refractivity contribution in [2.24, 2.45) is 0 Å². The predicted molar refractivity (Wildman–Crippen MR) is 258 cm³/mol. The van der Waals surface area contributed by atoms with E-state index in [0.29, 0.717) is 0 Å². The topological polar surface area (TPSA) is 9.86 Å². The number of thiophene rings is 2. The minimum atomic E-state index is 1.16. The Labute approximate surface area is 349 Å². The van der Waals surface area contributed by atoms with Crippen LogP contribution in [0.4, 0.5) is 0 Å². The largest absolute Gasteiger partial charge is 0.309 e. The number of allylic oxidation sites excluding steroid dienone is 2. The SMILES string of the molecule is C=C/C=C\c1sc2ccc(-c3cc(-n4c5ccccc5c5c(-c6ccc7c8ccccc8n(-c8ccccc8)c7c6)cccc54)cc4c3sc3ccccc34)cc2c1C. The molecule has 0 aliphatic rings. The van der Waals surface area contributed by atoms with E-state index in [-0.39, 0.29) is 0 Å². The Kier molecular flexibility index (Phi) is 7.68. The number of hydrogen-bond acceptors (Lipinski definition) is 2.